The van der Waals surface area contributed by atoms with E-state index in [2.05, 4.69) is 24.4 Å². The zero-order valence-electron chi connectivity index (χ0n) is 19.6. The number of hydrogen-bond acceptors (Lipinski definition) is 5. The van der Waals surface area contributed by atoms with E-state index in [1.54, 1.807) is 23.6 Å². The van der Waals surface area contributed by atoms with Gasteiger partial charge in [0.2, 0.25) is 0 Å². The van der Waals surface area contributed by atoms with Gasteiger partial charge in [-0.2, -0.15) is 5.26 Å². The van der Waals surface area contributed by atoms with E-state index in [9.17, 15) is 9.00 Å². The number of carbonyl (C=O) groups is 1. The average Bonchev–Trinajstić information content (AvgIpc) is 2.82. The number of rotatable bonds is 8. The largest absolute Gasteiger partial charge is 1.00 e. The second kappa shape index (κ2) is 16.6. The molecule has 0 saturated carbocycles. The smallest absolute Gasteiger partial charge is 0.398 e. The Morgan fingerprint density at radius 3 is 2.47 bits per heavy atom. The minimum Gasteiger partial charge on any atom is -0.398 e. The Bertz CT molecular complexity index is 1100. The standard InChI is InChI=1S/C14H10N.C12H17N3O2S.K/c15-11-14-8-4-7-13(10-14)9-12-5-2-1-3-6-12;1-3-15(5-4-6-18(2)17)12(16)10-7-11(13)9-14-8-10;/h1-10H;4,7-9H,1,3,5-6,13H2,2H3;/q-1;-2;+1. The van der Waals surface area contributed by atoms with Crippen molar-refractivity contribution in [3.8, 4) is 6.07 Å². The fourth-order valence-corrected chi connectivity index (χ4v) is 3.28. The predicted molar refractivity (Wildman–Crippen MR) is 133 cm³/mol. The van der Waals surface area contributed by atoms with Crippen molar-refractivity contribution in [1.82, 2.24) is 9.88 Å². The summed E-state index contributed by atoms with van der Waals surface area (Å²) >= 11 is 0. The Hall–Kier alpha value is -1.99. The van der Waals surface area contributed by atoms with E-state index in [-0.39, 0.29) is 57.3 Å². The molecule has 0 radical (unpaired) electrons. The first-order valence-electron chi connectivity index (χ1n) is 10.2. The fraction of sp³-hybridized carbons (Fsp3) is 0.154. The molecule has 1 amide bonds. The van der Waals surface area contributed by atoms with Gasteiger partial charge in [-0.3, -0.25) is 20.4 Å². The quantitative estimate of drug-likeness (QED) is 0.364. The van der Waals surface area contributed by atoms with Crippen LogP contribution in [0.4, 0.5) is 5.69 Å². The molecule has 1 unspecified atom stereocenters. The number of pyridine rings is 1. The van der Waals surface area contributed by atoms with E-state index in [0.29, 0.717) is 35.7 Å². The fourth-order valence-electron chi connectivity index (χ4n) is 2.85. The zero-order valence-corrected chi connectivity index (χ0v) is 23.5. The number of nitrogen functional groups attached to an aromatic ring is 1. The molecule has 0 fully saturated rings. The summed E-state index contributed by atoms with van der Waals surface area (Å²) in [5, 5.41) is 8.76. The minimum absolute atomic E-state index is 0. The van der Waals surface area contributed by atoms with Crippen molar-refractivity contribution < 1.29 is 60.4 Å². The molecule has 3 aromatic rings. The summed E-state index contributed by atoms with van der Waals surface area (Å²) in [6.45, 7) is 4.46. The van der Waals surface area contributed by atoms with Crippen LogP contribution in [0, 0.1) is 31.1 Å². The molecule has 0 aliphatic heterocycles. The van der Waals surface area contributed by atoms with Crippen LogP contribution in [0.2, 0.25) is 0 Å². The molecule has 0 spiro atoms. The molecule has 2 N–H and O–H groups in total. The van der Waals surface area contributed by atoms with Crippen molar-refractivity contribution in [1.29, 1.82) is 5.26 Å². The molecule has 2 aromatic carbocycles. The third-order valence-corrected chi connectivity index (χ3v) is 5.12. The number of amides is 1. The second-order valence-corrected chi connectivity index (χ2v) is 8.56. The van der Waals surface area contributed by atoms with Crippen LogP contribution in [0.5, 0.6) is 0 Å². The van der Waals surface area contributed by atoms with Gasteiger partial charge in [0, 0.05) is 24.2 Å². The first-order chi connectivity index (χ1) is 15.9. The maximum atomic E-state index is 12.1. The third-order valence-electron chi connectivity index (χ3n) is 4.41. The van der Waals surface area contributed by atoms with Gasteiger partial charge in [0.25, 0.3) is 5.91 Å². The maximum Gasteiger partial charge on any atom is 1.00 e. The molecule has 0 aliphatic rings. The molecule has 0 saturated heterocycles. The topological polar surface area (TPSA) is 100 Å². The van der Waals surface area contributed by atoms with E-state index in [1.807, 2.05) is 54.6 Å². The molecule has 34 heavy (non-hydrogen) atoms. The summed E-state index contributed by atoms with van der Waals surface area (Å²) in [7, 11) is -0.892. The molecule has 8 heteroatoms. The Labute approximate surface area is 247 Å². The van der Waals surface area contributed by atoms with Gasteiger partial charge in [-0.25, -0.2) is 0 Å². The monoisotopic (exact) mass is 498 g/mol. The molecule has 0 bridgehead atoms. The van der Waals surface area contributed by atoms with Gasteiger partial charge in [-0.1, -0.05) is 36.1 Å². The number of nitrogens with zero attached hydrogens (tertiary/aromatic N) is 3. The molecule has 172 valence electrons. The maximum absolute atomic E-state index is 12.1. The van der Waals surface area contributed by atoms with E-state index < -0.39 is 10.8 Å². The number of anilines is 1. The van der Waals surface area contributed by atoms with Gasteiger partial charge in [-0.15, -0.1) is 54.9 Å². The molecular weight excluding hydrogens is 471 g/mol. The second-order valence-electron chi connectivity index (χ2n) is 7.08. The minimum atomic E-state index is -0.892. The number of nitrogens with two attached hydrogens (primary N) is 1. The van der Waals surface area contributed by atoms with E-state index in [0.717, 1.165) is 11.1 Å². The van der Waals surface area contributed by atoms with Crippen molar-refractivity contribution in [2.24, 2.45) is 0 Å². The van der Waals surface area contributed by atoms with E-state index in [1.165, 1.54) is 12.4 Å². The van der Waals surface area contributed by atoms with Crippen LogP contribution in [0.1, 0.15) is 27.0 Å². The normalized spacial score (nSPS) is 10.5. The summed E-state index contributed by atoms with van der Waals surface area (Å²) in [6, 6.07) is 21.4. The van der Waals surface area contributed by atoms with Crippen molar-refractivity contribution in [3.05, 3.63) is 115 Å². The zero-order chi connectivity index (χ0) is 24.1. The molecule has 3 rings (SSSR count). The molecule has 0 aliphatic carbocycles. The first-order valence-corrected chi connectivity index (χ1v) is 12.0. The van der Waals surface area contributed by atoms with Crippen LogP contribution in [0.3, 0.4) is 0 Å². The van der Waals surface area contributed by atoms with Crippen molar-refractivity contribution in [2.45, 2.75) is 0 Å². The Morgan fingerprint density at radius 2 is 1.85 bits per heavy atom. The summed E-state index contributed by atoms with van der Waals surface area (Å²) < 4.78 is 10.9. The van der Waals surface area contributed by atoms with Crippen LogP contribution in [0.15, 0.2) is 73.1 Å². The molecule has 6 nitrogen and oxygen atoms in total. The Kier molecular flexibility index (Phi) is 14.7. The van der Waals surface area contributed by atoms with Gasteiger partial charge < -0.3 is 17.6 Å². The summed E-state index contributed by atoms with van der Waals surface area (Å²) in [5.41, 5.74) is 9.36. The Morgan fingerprint density at radius 1 is 1.15 bits per heavy atom. The number of hydrogen-bond donors (Lipinski definition) is 1. The van der Waals surface area contributed by atoms with Crippen molar-refractivity contribution in [2.75, 3.05) is 30.8 Å². The van der Waals surface area contributed by atoms with Gasteiger partial charge in [0.05, 0.1) is 17.3 Å². The predicted octanol–water partition coefficient (Wildman–Crippen LogP) is 0.686. The molecule has 1 atom stereocenters. The van der Waals surface area contributed by atoms with Crippen LogP contribution in [0.25, 0.3) is 0 Å². The van der Waals surface area contributed by atoms with Gasteiger partial charge in [-0.05, 0) is 16.9 Å². The molecule has 1 heterocycles. The molecular formula is C26H27KN4O2S-2. The van der Waals surface area contributed by atoms with E-state index in [4.69, 9.17) is 11.0 Å². The van der Waals surface area contributed by atoms with Crippen LogP contribution in [-0.2, 0) is 10.8 Å². The number of nitriles is 1. The summed E-state index contributed by atoms with van der Waals surface area (Å²) in [5.74, 6) is 0.279. The van der Waals surface area contributed by atoms with E-state index >= 15 is 0 Å². The molecule has 1 aromatic heterocycles. The van der Waals surface area contributed by atoms with Gasteiger partial charge in [0.15, 0.2) is 0 Å². The van der Waals surface area contributed by atoms with Crippen LogP contribution < -0.4 is 57.1 Å². The summed E-state index contributed by atoms with van der Waals surface area (Å²) in [6.07, 6.45) is 8.44. The number of carbonyl (C=O) groups excluding carboxylic acids is 1. The van der Waals surface area contributed by atoms with Gasteiger partial charge in [0.1, 0.15) is 0 Å². The van der Waals surface area contributed by atoms with Crippen molar-refractivity contribution in [3.63, 3.8) is 0 Å². The van der Waals surface area contributed by atoms with Gasteiger partial charge >= 0.3 is 51.4 Å². The number of aromatic nitrogens is 1. The van der Waals surface area contributed by atoms with Crippen LogP contribution in [-0.4, -0.2) is 45.1 Å². The van der Waals surface area contributed by atoms with Crippen LogP contribution >= 0.6 is 0 Å². The van der Waals surface area contributed by atoms with Crippen molar-refractivity contribution >= 4 is 22.4 Å². The SMILES string of the molecule is N#Cc1cccc([CH-]c2ccccc2)c1.[CH2-]CN(C[CH-]CS(C)=O)C(=O)c1cncc(N)c1.[K+]. The third kappa shape index (κ3) is 11.0. The first kappa shape index (κ1) is 30.0. The Balaban J connectivity index is 0.000000334. The summed E-state index contributed by atoms with van der Waals surface area (Å²) in [4.78, 5) is 17.5. The average molecular weight is 499 g/mol. The number of benzene rings is 2.